The summed E-state index contributed by atoms with van der Waals surface area (Å²) in [6.07, 6.45) is 3.12. The second-order valence-corrected chi connectivity index (χ2v) is 5.13. The largest absolute Gasteiger partial charge is 0.459 e. The van der Waals surface area contributed by atoms with Gasteiger partial charge in [-0.1, -0.05) is 30.3 Å². The average molecular weight is 231 g/mol. The van der Waals surface area contributed by atoms with E-state index in [1.165, 1.54) is 6.42 Å². The molecule has 2 aliphatic heterocycles. The number of carbonyl (C=O) groups excluding carboxylic acids is 1. The van der Waals surface area contributed by atoms with Crippen LogP contribution in [0.3, 0.4) is 0 Å². The molecule has 3 nitrogen and oxygen atoms in total. The van der Waals surface area contributed by atoms with Gasteiger partial charge in [-0.15, -0.1) is 0 Å². The van der Waals surface area contributed by atoms with Gasteiger partial charge in [0, 0.05) is 0 Å². The van der Waals surface area contributed by atoms with E-state index in [0.717, 1.165) is 30.9 Å². The van der Waals surface area contributed by atoms with Crippen LogP contribution in [0.4, 0.5) is 0 Å². The predicted molar refractivity (Wildman–Crippen MR) is 64.3 cm³/mol. The monoisotopic (exact) mass is 231 g/mol. The maximum absolute atomic E-state index is 12.0. The number of hydrogen-bond acceptors (Lipinski definition) is 3. The minimum Gasteiger partial charge on any atom is -0.459 e. The minimum absolute atomic E-state index is 0.0719. The molecule has 3 fully saturated rings. The second-order valence-electron chi connectivity index (χ2n) is 5.13. The summed E-state index contributed by atoms with van der Waals surface area (Å²) in [4.78, 5) is 12.0. The Morgan fingerprint density at radius 2 is 2.12 bits per heavy atom. The summed E-state index contributed by atoms with van der Waals surface area (Å²) in [7, 11) is 0. The molecule has 17 heavy (non-hydrogen) atoms. The summed E-state index contributed by atoms with van der Waals surface area (Å²) in [6, 6.07) is 9.83. The maximum Gasteiger partial charge on any atom is 0.326 e. The van der Waals surface area contributed by atoms with Gasteiger partial charge in [0.2, 0.25) is 0 Å². The normalized spacial score (nSPS) is 30.5. The number of rotatable bonds is 3. The molecule has 2 saturated heterocycles. The summed E-state index contributed by atoms with van der Waals surface area (Å²) in [5.41, 5.74) is 0.696. The van der Waals surface area contributed by atoms with Crippen molar-refractivity contribution in [3.05, 3.63) is 35.9 Å². The van der Waals surface area contributed by atoms with Crippen molar-refractivity contribution in [1.29, 1.82) is 0 Å². The minimum atomic E-state index is -0.350. The Balaban J connectivity index is 1.57. The standard InChI is InChI=1S/C14H17NO2/c16-13(14-8-12(9-14)6-7-15-14)17-10-11-4-2-1-3-5-11/h1-5,12,15H,6-10H2. The zero-order valence-electron chi connectivity index (χ0n) is 9.82. The fourth-order valence-corrected chi connectivity index (χ4v) is 2.89. The summed E-state index contributed by atoms with van der Waals surface area (Å²) >= 11 is 0. The van der Waals surface area contributed by atoms with E-state index >= 15 is 0 Å². The Kier molecular flexibility index (Phi) is 2.63. The molecule has 0 radical (unpaired) electrons. The average Bonchev–Trinajstić information content (AvgIpc) is 2.37. The van der Waals surface area contributed by atoms with Crippen LogP contribution in [-0.2, 0) is 16.1 Å². The van der Waals surface area contributed by atoms with Crippen LogP contribution < -0.4 is 5.32 Å². The molecule has 0 spiro atoms. The molecular formula is C14H17NO2. The van der Waals surface area contributed by atoms with E-state index in [4.69, 9.17) is 4.74 Å². The molecule has 3 aliphatic rings. The van der Waals surface area contributed by atoms with E-state index in [2.05, 4.69) is 5.32 Å². The lowest BCUT2D eigenvalue weighted by Crippen LogP contribution is -2.65. The third-order valence-electron chi connectivity index (χ3n) is 3.89. The van der Waals surface area contributed by atoms with Gasteiger partial charge in [-0.3, -0.25) is 4.79 Å². The quantitative estimate of drug-likeness (QED) is 0.807. The van der Waals surface area contributed by atoms with Gasteiger partial charge in [-0.25, -0.2) is 0 Å². The van der Waals surface area contributed by atoms with E-state index in [1.807, 2.05) is 30.3 Å². The third-order valence-corrected chi connectivity index (χ3v) is 3.89. The molecule has 0 unspecified atom stereocenters. The Morgan fingerprint density at radius 1 is 1.35 bits per heavy atom. The zero-order valence-corrected chi connectivity index (χ0v) is 9.82. The number of esters is 1. The van der Waals surface area contributed by atoms with Crippen molar-refractivity contribution in [1.82, 2.24) is 5.32 Å². The lowest BCUT2D eigenvalue weighted by atomic mass is 9.64. The number of hydrogen-bond donors (Lipinski definition) is 1. The van der Waals surface area contributed by atoms with Gasteiger partial charge in [0.15, 0.2) is 0 Å². The fraction of sp³-hybridized carbons (Fsp3) is 0.500. The first-order chi connectivity index (χ1) is 8.28. The smallest absolute Gasteiger partial charge is 0.326 e. The summed E-state index contributed by atoms with van der Waals surface area (Å²) in [5.74, 6) is 0.665. The molecule has 1 N–H and O–H groups in total. The van der Waals surface area contributed by atoms with Crippen molar-refractivity contribution < 1.29 is 9.53 Å². The van der Waals surface area contributed by atoms with E-state index in [9.17, 15) is 4.79 Å². The SMILES string of the molecule is O=C(OCc1ccccc1)C12CC(CCN1)C2. The van der Waals surface area contributed by atoms with Gasteiger partial charge < -0.3 is 10.1 Å². The molecule has 0 atom stereocenters. The van der Waals surface area contributed by atoms with Gasteiger partial charge >= 0.3 is 5.97 Å². The number of carbonyl (C=O) groups is 1. The molecule has 1 saturated carbocycles. The van der Waals surface area contributed by atoms with Crippen molar-refractivity contribution in [2.45, 2.75) is 31.4 Å². The Hall–Kier alpha value is -1.35. The van der Waals surface area contributed by atoms with Gasteiger partial charge in [-0.2, -0.15) is 0 Å². The molecule has 1 aromatic carbocycles. The molecule has 4 rings (SSSR count). The van der Waals surface area contributed by atoms with E-state index in [1.54, 1.807) is 0 Å². The zero-order chi connectivity index (χ0) is 11.7. The summed E-state index contributed by atoms with van der Waals surface area (Å²) in [6.45, 7) is 1.33. The Morgan fingerprint density at radius 3 is 2.76 bits per heavy atom. The van der Waals surface area contributed by atoms with Crippen LogP contribution in [-0.4, -0.2) is 18.1 Å². The van der Waals surface area contributed by atoms with Crippen molar-refractivity contribution in [3.63, 3.8) is 0 Å². The lowest BCUT2D eigenvalue weighted by Gasteiger charge is -2.50. The molecule has 1 aromatic rings. The summed E-state index contributed by atoms with van der Waals surface area (Å²) in [5, 5.41) is 3.32. The van der Waals surface area contributed by atoms with Crippen molar-refractivity contribution in [2.24, 2.45) is 5.92 Å². The van der Waals surface area contributed by atoms with Crippen LogP contribution >= 0.6 is 0 Å². The fourth-order valence-electron chi connectivity index (χ4n) is 2.89. The highest BCUT2D eigenvalue weighted by molar-refractivity contribution is 5.82. The number of piperidine rings is 2. The molecular weight excluding hydrogens is 214 g/mol. The van der Waals surface area contributed by atoms with Crippen molar-refractivity contribution in [2.75, 3.05) is 6.54 Å². The van der Waals surface area contributed by atoms with Crippen molar-refractivity contribution in [3.8, 4) is 0 Å². The maximum atomic E-state index is 12.0. The first kappa shape index (κ1) is 10.8. The van der Waals surface area contributed by atoms with Crippen LogP contribution in [0.2, 0.25) is 0 Å². The molecule has 2 heterocycles. The number of benzene rings is 1. The van der Waals surface area contributed by atoms with Gasteiger partial charge in [-0.05, 0) is 37.3 Å². The molecule has 2 bridgehead atoms. The second kappa shape index (κ2) is 4.15. The van der Waals surface area contributed by atoms with Crippen LogP contribution in [0.5, 0.6) is 0 Å². The lowest BCUT2D eigenvalue weighted by molar-refractivity contribution is -0.162. The number of ether oxygens (including phenoxy) is 1. The first-order valence-electron chi connectivity index (χ1n) is 6.25. The molecule has 0 amide bonds. The Labute approximate surface area is 101 Å². The van der Waals surface area contributed by atoms with Gasteiger partial charge in [0.05, 0.1) is 0 Å². The van der Waals surface area contributed by atoms with Gasteiger partial charge in [0.1, 0.15) is 12.1 Å². The summed E-state index contributed by atoms with van der Waals surface area (Å²) < 4.78 is 5.41. The Bertz CT molecular complexity index is 404. The van der Waals surface area contributed by atoms with Crippen LogP contribution in [0.1, 0.15) is 24.8 Å². The third kappa shape index (κ3) is 1.95. The van der Waals surface area contributed by atoms with Crippen LogP contribution in [0, 0.1) is 5.92 Å². The topological polar surface area (TPSA) is 38.3 Å². The van der Waals surface area contributed by atoms with E-state index in [-0.39, 0.29) is 11.5 Å². The molecule has 90 valence electrons. The van der Waals surface area contributed by atoms with Crippen LogP contribution in [0.25, 0.3) is 0 Å². The highest BCUT2D eigenvalue weighted by Gasteiger charge is 2.53. The first-order valence-corrected chi connectivity index (χ1v) is 6.25. The van der Waals surface area contributed by atoms with E-state index < -0.39 is 0 Å². The van der Waals surface area contributed by atoms with Crippen molar-refractivity contribution >= 4 is 5.97 Å². The predicted octanol–water partition coefficient (Wildman–Crippen LogP) is 1.87. The van der Waals surface area contributed by atoms with Crippen LogP contribution in [0.15, 0.2) is 30.3 Å². The number of nitrogens with one attached hydrogen (secondary N) is 1. The highest BCUT2D eigenvalue weighted by atomic mass is 16.5. The molecule has 1 aliphatic carbocycles. The number of fused-ring (bicyclic) bond motifs is 2. The highest BCUT2D eigenvalue weighted by Crippen LogP contribution is 2.44. The van der Waals surface area contributed by atoms with Gasteiger partial charge in [0.25, 0.3) is 0 Å². The van der Waals surface area contributed by atoms with E-state index in [0.29, 0.717) is 6.61 Å². The molecule has 3 heteroatoms. The molecule has 0 aromatic heterocycles.